The van der Waals surface area contributed by atoms with E-state index in [0.717, 1.165) is 0 Å². The Hall–Kier alpha value is 0.540. The molecule has 0 atom stereocenters. The van der Waals surface area contributed by atoms with Crippen molar-refractivity contribution >= 4 is 21.6 Å². The maximum Gasteiger partial charge on any atom is 0.223 e. The summed E-state index contributed by atoms with van der Waals surface area (Å²) >= 11 is 0. The molecule has 0 heterocycles. The summed E-state index contributed by atoms with van der Waals surface area (Å²) in [7, 11) is 1.28. The average Bonchev–Trinajstić information content (AvgIpc) is 2.02. The second-order valence-electron chi connectivity index (χ2n) is 2.36. The number of aliphatic hydroxyl groups is 4. The van der Waals surface area contributed by atoms with E-state index in [1.165, 1.54) is 0 Å². The van der Waals surface area contributed by atoms with Crippen LogP contribution in [0.15, 0.2) is 0 Å². The molecule has 0 radical (unpaired) electrons. The fraction of sp³-hybridized carbons (Fsp3) is 1.00. The highest BCUT2D eigenvalue weighted by Gasteiger charge is 2.29. The smallest absolute Gasteiger partial charge is 0.223 e. The maximum absolute atomic E-state index is 9.06. The monoisotopic (exact) mass is 214 g/mol. The van der Waals surface area contributed by atoms with Gasteiger partial charge in [-0.1, -0.05) is 13.8 Å². The van der Waals surface area contributed by atoms with Crippen molar-refractivity contribution in [2.45, 2.75) is 36.9 Å². The van der Waals surface area contributed by atoms with Gasteiger partial charge in [-0.15, -0.1) is 0 Å². The van der Waals surface area contributed by atoms with Gasteiger partial charge in [-0.25, -0.2) is 0 Å². The van der Waals surface area contributed by atoms with Gasteiger partial charge in [0.25, 0.3) is 0 Å². The molecule has 4 nitrogen and oxygen atoms in total. The number of rotatable bonds is 5. The molecule has 0 saturated heterocycles. The van der Waals surface area contributed by atoms with Crippen molar-refractivity contribution in [3.8, 4) is 0 Å². The Morgan fingerprint density at radius 1 is 0.833 bits per heavy atom. The lowest BCUT2D eigenvalue weighted by Gasteiger charge is -2.23. The Morgan fingerprint density at radius 3 is 1.25 bits per heavy atom. The van der Waals surface area contributed by atoms with Crippen LogP contribution in [0.5, 0.6) is 0 Å². The lowest BCUT2D eigenvalue weighted by molar-refractivity contribution is -0.0814. The van der Waals surface area contributed by atoms with E-state index in [0.29, 0.717) is 21.6 Å². The third-order valence-corrected chi connectivity index (χ3v) is 4.28. The molecule has 6 heteroatoms. The lowest BCUT2D eigenvalue weighted by Crippen LogP contribution is -2.25. The zero-order chi connectivity index (χ0) is 9.83. The first-order chi connectivity index (χ1) is 5.33. The number of hydrogen-bond acceptors (Lipinski definition) is 6. The molecule has 0 aromatic heterocycles. The van der Waals surface area contributed by atoms with Crippen molar-refractivity contribution < 1.29 is 20.4 Å². The first-order valence-electron chi connectivity index (χ1n) is 3.59. The zero-order valence-electron chi connectivity index (χ0n) is 7.02. The topological polar surface area (TPSA) is 80.9 Å². The van der Waals surface area contributed by atoms with E-state index in [1.54, 1.807) is 13.8 Å². The van der Waals surface area contributed by atoms with Gasteiger partial charge >= 0.3 is 0 Å². The van der Waals surface area contributed by atoms with Gasteiger partial charge in [0.1, 0.15) is 0 Å². The average molecular weight is 214 g/mol. The maximum atomic E-state index is 9.06. The Morgan fingerprint density at radius 2 is 1.08 bits per heavy atom. The minimum atomic E-state index is -1.89. The number of hydrogen-bond donors (Lipinski definition) is 4. The third kappa shape index (κ3) is 5.23. The van der Waals surface area contributed by atoms with Crippen LogP contribution in [-0.4, -0.2) is 30.7 Å². The van der Waals surface area contributed by atoms with Crippen LogP contribution < -0.4 is 0 Å². The van der Waals surface area contributed by atoms with Crippen LogP contribution in [0.3, 0.4) is 0 Å². The Balaban J connectivity index is 3.82. The molecule has 0 fully saturated rings. The third-order valence-electron chi connectivity index (χ3n) is 1.23. The SMILES string of the molecule is CCC(O)(O)SSC(O)(O)CC. The first-order valence-corrected chi connectivity index (χ1v) is 5.74. The normalized spacial score (nSPS) is 13.5. The molecule has 74 valence electrons. The van der Waals surface area contributed by atoms with Crippen molar-refractivity contribution in [1.82, 2.24) is 0 Å². The summed E-state index contributed by atoms with van der Waals surface area (Å²) in [4.78, 5) is 0. The second kappa shape index (κ2) is 4.69. The predicted molar refractivity (Wildman–Crippen MR) is 50.1 cm³/mol. The summed E-state index contributed by atoms with van der Waals surface area (Å²) in [5, 5.41) is 32.4. The molecular weight excluding hydrogens is 200 g/mol. The van der Waals surface area contributed by atoms with Gasteiger partial charge < -0.3 is 20.4 Å². The molecule has 0 saturated carbocycles. The van der Waals surface area contributed by atoms with E-state index in [9.17, 15) is 0 Å². The van der Waals surface area contributed by atoms with Gasteiger partial charge in [0.05, 0.1) is 0 Å². The predicted octanol–water partition coefficient (Wildman–Crippen LogP) is 0.465. The summed E-state index contributed by atoms with van der Waals surface area (Å²) < 4.78 is 0. The largest absolute Gasteiger partial charge is 0.357 e. The molecule has 0 bridgehead atoms. The van der Waals surface area contributed by atoms with Gasteiger partial charge in [-0.2, -0.15) is 0 Å². The van der Waals surface area contributed by atoms with Crippen LogP contribution in [-0.2, 0) is 0 Å². The molecule has 0 spiro atoms. The highest BCUT2D eigenvalue weighted by atomic mass is 33.1. The molecular formula is C6H14O4S2. The van der Waals surface area contributed by atoms with Crippen LogP contribution in [0.25, 0.3) is 0 Å². The fourth-order valence-corrected chi connectivity index (χ4v) is 2.26. The quantitative estimate of drug-likeness (QED) is 0.393. The summed E-state index contributed by atoms with van der Waals surface area (Å²) in [6.45, 7) is 3.19. The van der Waals surface area contributed by atoms with Crippen LogP contribution in [0.1, 0.15) is 26.7 Å². The fourth-order valence-electron chi connectivity index (χ4n) is 0.251. The first kappa shape index (κ1) is 12.5. The van der Waals surface area contributed by atoms with E-state index in [2.05, 4.69) is 0 Å². The van der Waals surface area contributed by atoms with Crippen molar-refractivity contribution in [1.29, 1.82) is 0 Å². The van der Waals surface area contributed by atoms with Crippen LogP contribution >= 0.6 is 21.6 Å². The lowest BCUT2D eigenvalue weighted by atomic mass is 10.5. The van der Waals surface area contributed by atoms with Crippen LogP contribution in [0.4, 0.5) is 0 Å². The van der Waals surface area contributed by atoms with Crippen molar-refractivity contribution in [3.63, 3.8) is 0 Å². The van der Waals surface area contributed by atoms with Crippen molar-refractivity contribution in [2.75, 3.05) is 0 Å². The highest BCUT2D eigenvalue weighted by molar-refractivity contribution is 8.77. The molecule has 0 unspecified atom stereocenters. The molecule has 0 aliphatic carbocycles. The van der Waals surface area contributed by atoms with Gasteiger partial charge in [0, 0.05) is 12.8 Å². The van der Waals surface area contributed by atoms with Gasteiger partial charge in [0.2, 0.25) is 10.2 Å². The van der Waals surface area contributed by atoms with Gasteiger partial charge in [-0.05, 0) is 21.6 Å². The van der Waals surface area contributed by atoms with Crippen molar-refractivity contribution in [3.05, 3.63) is 0 Å². The van der Waals surface area contributed by atoms with Crippen LogP contribution in [0, 0.1) is 0 Å². The summed E-state index contributed by atoms with van der Waals surface area (Å²) in [6.07, 6.45) is 0.259. The summed E-state index contributed by atoms with van der Waals surface area (Å²) in [5.41, 5.74) is 0. The van der Waals surface area contributed by atoms with Gasteiger partial charge in [0.15, 0.2) is 0 Å². The molecule has 0 aromatic rings. The minimum Gasteiger partial charge on any atom is -0.357 e. The van der Waals surface area contributed by atoms with Gasteiger partial charge in [-0.3, -0.25) is 0 Å². The Bertz CT molecular complexity index is 122. The van der Waals surface area contributed by atoms with Crippen molar-refractivity contribution in [2.24, 2.45) is 0 Å². The standard InChI is InChI=1S/C6H14O4S2/c1-3-5(7,8)11-12-6(9,10)4-2/h7-10H,3-4H2,1-2H3. The molecule has 0 amide bonds. The van der Waals surface area contributed by atoms with E-state index >= 15 is 0 Å². The van der Waals surface area contributed by atoms with E-state index in [1.807, 2.05) is 0 Å². The second-order valence-corrected chi connectivity index (χ2v) is 5.00. The van der Waals surface area contributed by atoms with E-state index < -0.39 is 10.2 Å². The molecule has 12 heavy (non-hydrogen) atoms. The molecule has 0 aliphatic rings. The van der Waals surface area contributed by atoms with Crippen LogP contribution in [0.2, 0.25) is 0 Å². The zero-order valence-corrected chi connectivity index (χ0v) is 8.65. The Kier molecular flexibility index (Phi) is 4.90. The highest BCUT2D eigenvalue weighted by Crippen LogP contribution is 2.41. The molecule has 0 aromatic carbocycles. The molecule has 4 N–H and O–H groups in total. The van der Waals surface area contributed by atoms with E-state index in [4.69, 9.17) is 20.4 Å². The Labute approximate surface area is 79.4 Å². The summed E-state index contributed by atoms with van der Waals surface area (Å²) in [5.74, 6) is 0. The minimum absolute atomic E-state index is 0.129. The summed E-state index contributed by atoms with van der Waals surface area (Å²) in [6, 6.07) is 0. The molecule has 0 aliphatic heterocycles. The van der Waals surface area contributed by atoms with E-state index in [-0.39, 0.29) is 12.8 Å². The molecule has 0 rings (SSSR count).